The predicted octanol–water partition coefficient (Wildman–Crippen LogP) is 1.58. The molecule has 86 valence electrons. The Hall–Kier alpha value is -1.84. The molecule has 0 spiro atoms. The van der Waals surface area contributed by atoms with Gasteiger partial charge in [0.1, 0.15) is 5.78 Å². The van der Waals surface area contributed by atoms with Gasteiger partial charge >= 0.3 is 5.97 Å². The van der Waals surface area contributed by atoms with Crippen molar-refractivity contribution in [2.45, 2.75) is 20.3 Å². The van der Waals surface area contributed by atoms with Crippen LogP contribution in [-0.4, -0.2) is 18.4 Å². The van der Waals surface area contributed by atoms with E-state index in [1.807, 2.05) is 0 Å². The summed E-state index contributed by atoms with van der Waals surface area (Å²) in [6.45, 7) is 3.56. The molecule has 0 saturated heterocycles. The zero-order valence-electron chi connectivity index (χ0n) is 9.45. The molecule has 0 saturated carbocycles. The van der Waals surface area contributed by atoms with Crippen LogP contribution in [0.15, 0.2) is 18.2 Å². The second-order valence-corrected chi connectivity index (χ2v) is 3.52. The maximum atomic E-state index is 11.4. The maximum absolute atomic E-state index is 11.4. The Bertz CT molecular complexity index is 413. The molecule has 0 amide bonds. The monoisotopic (exact) mass is 221 g/mol. The highest BCUT2D eigenvalue weighted by atomic mass is 16.5. The minimum atomic E-state index is -0.436. The van der Waals surface area contributed by atoms with Crippen LogP contribution in [0.3, 0.4) is 0 Å². The van der Waals surface area contributed by atoms with Crippen LogP contribution in [-0.2, 0) is 16.0 Å². The van der Waals surface area contributed by atoms with Crippen molar-refractivity contribution >= 4 is 17.4 Å². The number of nitrogen functional groups attached to an aromatic ring is 1. The third-order valence-corrected chi connectivity index (χ3v) is 2.06. The summed E-state index contributed by atoms with van der Waals surface area (Å²) in [6, 6.07) is 4.93. The maximum Gasteiger partial charge on any atom is 0.340 e. The summed E-state index contributed by atoms with van der Waals surface area (Å²) in [5.41, 5.74) is 7.21. The molecular formula is C12H15NO3. The lowest BCUT2D eigenvalue weighted by atomic mass is 10.1. The Labute approximate surface area is 94.4 Å². The molecule has 0 heterocycles. The number of nitrogens with two attached hydrogens (primary N) is 1. The molecular weight excluding hydrogens is 206 g/mol. The Morgan fingerprint density at radius 1 is 1.38 bits per heavy atom. The van der Waals surface area contributed by atoms with E-state index in [9.17, 15) is 9.59 Å². The van der Waals surface area contributed by atoms with E-state index in [1.165, 1.54) is 6.92 Å². The average Bonchev–Trinajstić information content (AvgIpc) is 2.16. The first-order valence-electron chi connectivity index (χ1n) is 5.09. The second-order valence-electron chi connectivity index (χ2n) is 3.52. The molecule has 0 atom stereocenters. The zero-order chi connectivity index (χ0) is 12.1. The Balaban J connectivity index is 2.91. The third-order valence-electron chi connectivity index (χ3n) is 2.06. The molecule has 0 bridgehead atoms. The molecule has 1 rings (SSSR count). The zero-order valence-corrected chi connectivity index (χ0v) is 9.45. The molecule has 0 unspecified atom stereocenters. The topological polar surface area (TPSA) is 69.4 Å². The summed E-state index contributed by atoms with van der Waals surface area (Å²) in [5.74, 6) is -0.377. The van der Waals surface area contributed by atoms with Crippen LogP contribution >= 0.6 is 0 Å². The number of ketones is 1. The molecule has 0 aliphatic carbocycles. The summed E-state index contributed by atoms with van der Waals surface area (Å²) in [6.07, 6.45) is 0.327. The largest absolute Gasteiger partial charge is 0.462 e. The van der Waals surface area contributed by atoms with E-state index in [4.69, 9.17) is 10.5 Å². The van der Waals surface area contributed by atoms with Gasteiger partial charge in [0.25, 0.3) is 0 Å². The van der Waals surface area contributed by atoms with Crippen molar-refractivity contribution in [3.8, 4) is 0 Å². The number of hydrogen-bond donors (Lipinski definition) is 1. The van der Waals surface area contributed by atoms with Crippen molar-refractivity contribution in [3.05, 3.63) is 29.3 Å². The van der Waals surface area contributed by atoms with Crippen LogP contribution in [0.5, 0.6) is 0 Å². The molecule has 2 N–H and O–H groups in total. The van der Waals surface area contributed by atoms with Gasteiger partial charge in [0, 0.05) is 12.1 Å². The molecule has 0 aromatic heterocycles. The van der Waals surface area contributed by atoms with E-state index >= 15 is 0 Å². The fraction of sp³-hybridized carbons (Fsp3) is 0.333. The van der Waals surface area contributed by atoms with E-state index in [1.54, 1.807) is 25.1 Å². The molecule has 4 heteroatoms. The van der Waals surface area contributed by atoms with Gasteiger partial charge in [-0.2, -0.15) is 0 Å². The minimum Gasteiger partial charge on any atom is -0.462 e. The number of anilines is 1. The lowest BCUT2D eigenvalue weighted by Crippen LogP contribution is -2.08. The highest BCUT2D eigenvalue weighted by Crippen LogP contribution is 2.16. The Morgan fingerprint density at radius 3 is 2.56 bits per heavy atom. The quantitative estimate of drug-likeness (QED) is 0.619. The minimum absolute atomic E-state index is 0.0586. The van der Waals surface area contributed by atoms with Gasteiger partial charge in [-0.25, -0.2) is 4.79 Å². The van der Waals surface area contributed by atoms with Crippen molar-refractivity contribution in [2.75, 3.05) is 12.3 Å². The first-order chi connectivity index (χ1) is 7.54. The van der Waals surface area contributed by atoms with Crippen molar-refractivity contribution < 1.29 is 14.3 Å². The molecule has 0 aliphatic rings. The summed E-state index contributed by atoms with van der Waals surface area (Å²) in [7, 11) is 0. The summed E-state index contributed by atoms with van der Waals surface area (Å²) >= 11 is 0. The van der Waals surface area contributed by atoms with Gasteiger partial charge in [0.05, 0.1) is 12.2 Å². The number of Topliss-reactive ketones (excluding diaryl/α,β-unsaturated/α-hetero) is 1. The van der Waals surface area contributed by atoms with Crippen molar-refractivity contribution in [1.29, 1.82) is 0 Å². The van der Waals surface area contributed by atoms with Gasteiger partial charge in [-0.3, -0.25) is 4.79 Å². The van der Waals surface area contributed by atoms with Gasteiger partial charge < -0.3 is 10.5 Å². The molecule has 0 radical (unpaired) electrons. The first-order valence-corrected chi connectivity index (χ1v) is 5.09. The standard InChI is InChI=1S/C12H15NO3/c1-3-16-12(15)10-5-4-9(6-8(2)14)7-11(10)13/h4-5,7H,3,6,13H2,1-2H3. The van der Waals surface area contributed by atoms with E-state index in [0.717, 1.165) is 5.56 Å². The smallest absolute Gasteiger partial charge is 0.340 e. The lowest BCUT2D eigenvalue weighted by molar-refractivity contribution is -0.116. The molecule has 16 heavy (non-hydrogen) atoms. The van der Waals surface area contributed by atoms with Crippen LogP contribution in [0.4, 0.5) is 5.69 Å². The van der Waals surface area contributed by atoms with Gasteiger partial charge in [-0.15, -0.1) is 0 Å². The SMILES string of the molecule is CCOC(=O)c1ccc(CC(C)=O)cc1N. The number of ether oxygens (including phenoxy) is 1. The number of carbonyl (C=O) groups excluding carboxylic acids is 2. The molecule has 1 aromatic carbocycles. The summed E-state index contributed by atoms with van der Waals surface area (Å²) in [5, 5.41) is 0. The average molecular weight is 221 g/mol. The van der Waals surface area contributed by atoms with Crippen LogP contribution < -0.4 is 5.73 Å². The molecule has 0 aliphatic heterocycles. The third kappa shape index (κ3) is 3.08. The van der Waals surface area contributed by atoms with Gasteiger partial charge in [-0.1, -0.05) is 6.07 Å². The number of rotatable bonds is 4. The van der Waals surface area contributed by atoms with Crippen molar-refractivity contribution in [3.63, 3.8) is 0 Å². The van der Waals surface area contributed by atoms with E-state index in [2.05, 4.69) is 0 Å². The summed E-state index contributed by atoms with van der Waals surface area (Å²) < 4.78 is 4.84. The molecule has 0 fully saturated rings. The van der Waals surface area contributed by atoms with Crippen LogP contribution in [0.2, 0.25) is 0 Å². The van der Waals surface area contributed by atoms with Crippen molar-refractivity contribution in [1.82, 2.24) is 0 Å². The fourth-order valence-corrected chi connectivity index (χ4v) is 1.40. The van der Waals surface area contributed by atoms with Crippen LogP contribution in [0, 0.1) is 0 Å². The van der Waals surface area contributed by atoms with Crippen molar-refractivity contribution in [2.24, 2.45) is 0 Å². The van der Waals surface area contributed by atoms with Gasteiger partial charge in [0.2, 0.25) is 0 Å². The van der Waals surface area contributed by atoms with E-state index < -0.39 is 5.97 Å². The fourth-order valence-electron chi connectivity index (χ4n) is 1.40. The van der Waals surface area contributed by atoms with E-state index in [0.29, 0.717) is 24.3 Å². The Morgan fingerprint density at radius 2 is 2.06 bits per heavy atom. The number of carbonyl (C=O) groups is 2. The molecule has 4 nitrogen and oxygen atoms in total. The highest BCUT2D eigenvalue weighted by Gasteiger charge is 2.11. The Kier molecular flexibility index (Phi) is 4.05. The second kappa shape index (κ2) is 5.30. The first kappa shape index (κ1) is 12.2. The molecule has 1 aromatic rings. The number of esters is 1. The predicted molar refractivity (Wildman–Crippen MR) is 61.2 cm³/mol. The van der Waals surface area contributed by atoms with Crippen LogP contribution in [0.25, 0.3) is 0 Å². The summed E-state index contributed by atoms with van der Waals surface area (Å²) in [4.78, 5) is 22.3. The van der Waals surface area contributed by atoms with Crippen LogP contribution in [0.1, 0.15) is 29.8 Å². The number of benzene rings is 1. The van der Waals surface area contributed by atoms with Gasteiger partial charge in [0.15, 0.2) is 0 Å². The number of hydrogen-bond acceptors (Lipinski definition) is 4. The van der Waals surface area contributed by atoms with E-state index in [-0.39, 0.29) is 5.78 Å². The van der Waals surface area contributed by atoms with Gasteiger partial charge in [-0.05, 0) is 31.5 Å². The normalized spacial score (nSPS) is 9.88. The lowest BCUT2D eigenvalue weighted by Gasteiger charge is -2.06. The highest BCUT2D eigenvalue weighted by molar-refractivity contribution is 5.95.